The Bertz CT molecular complexity index is 605. The van der Waals surface area contributed by atoms with Crippen molar-refractivity contribution in [2.45, 2.75) is 46.6 Å². The van der Waals surface area contributed by atoms with Crippen LogP contribution in [-0.4, -0.2) is 13.7 Å². The molecule has 1 aromatic carbocycles. The number of rotatable bonds is 4. The van der Waals surface area contributed by atoms with E-state index in [2.05, 4.69) is 52.1 Å². The van der Waals surface area contributed by atoms with Gasteiger partial charge in [-0.25, -0.2) is 0 Å². The highest BCUT2D eigenvalue weighted by molar-refractivity contribution is 5.87. The first-order valence-corrected chi connectivity index (χ1v) is 7.19. The van der Waals surface area contributed by atoms with E-state index in [1.807, 2.05) is 0 Å². The molecule has 0 bridgehead atoms. The predicted octanol–water partition coefficient (Wildman–Crippen LogP) is 4.16. The molecule has 0 aliphatic heterocycles. The Balaban J connectivity index is 2.66. The molecule has 0 saturated heterocycles. The first-order chi connectivity index (χ1) is 9.38. The van der Waals surface area contributed by atoms with Crippen LogP contribution < -0.4 is 10.1 Å². The molecule has 0 amide bonds. The smallest absolute Gasteiger partial charge is 0.138 e. The highest BCUT2D eigenvalue weighted by atomic mass is 16.5. The van der Waals surface area contributed by atoms with E-state index in [1.165, 1.54) is 11.1 Å². The summed E-state index contributed by atoms with van der Waals surface area (Å²) >= 11 is 0. The maximum Gasteiger partial charge on any atom is 0.138 e. The predicted molar refractivity (Wildman–Crippen MR) is 83.6 cm³/mol. The lowest BCUT2D eigenvalue weighted by Crippen LogP contribution is -2.12. The van der Waals surface area contributed by atoms with E-state index in [-0.39, 0.29) is 5.41 Å². The molecule has 0 fully saturated rings. The summed E-state index contributed by atoms with van der Waals surface area (Å²) in [5.74, 6) is 1.90. The molecule has 1 aromatic heterocycles. The van der Waals surface area contributed by atoms with Gasteiger partial charge in [0, 0.05) is 10.9 Å². The molecular formula is C17H25NO2. The largest absolute Gasteiger partial charge is 0.497 e. The molecule has 1 N–H and O–H groups in total. The highest BCUT2D eigenvalue weighted by Crippen LogP contribution is 2.37. The Labute approximate surface area is 121 Å². The van der Waals surface area contributed by atoms with Crippen LogP contribution in [0.25, 0.3) is 11.0 Å². The topological polar surface area (TPSA) is 34.4 Å². The van der Waals surface area contributed by atoms with E-state index in [0.717, 1.165) is 35.6 Å². The van der Waals surface area contributed by atoms with Crippen molar-refractivity contribution < 1.29 is 9.15 Å². The second kappa shape index (κ2) is 5.49. The first-order valence-electron chi connectivity index (χ1n) is 7.19. The van der Waals surface area contributed by atoms with Crippen molar-refractivity contribution in [3.8, 4) is 5.75 Å². The van der Waals surface area contributed by atoms with E-state index in [4.69, 9.17) is 9.15 Å². The van der Waals surface area contributed by atoms with Crippen molar-refractivity contribution in [2.75, 3.05) is 13.7 Å². The van der Waals surface area contributed by atoms with E-state index in [0.29, 0.717) is 0 Å². The van der Waals surface area contributed by atoms with Gasteiger partial charge in [-0.05, 0) is 36.6 Å². The standard InChI is InChI=1S/C17H25NO2/c1-7-18-10-15-11(2)13-8-12(19-6)9-14(16(13)20-15)17(3,4)5/h8-9,18H,7,10H2,1-6H3. The Morgan fingerprint density at radius 3 is 2.50 bits per heavy atom. The van der Waals surface area contributed by atoms with Crippen LogP contribution in [0.4, 0.5) is 0 Å². The average Bonchev–Trinajstić information content (AvgIpc) is 2.71. The van der Waals surface area contributed by atoms with Gasteiger partial charge in [0.05, 0.1) is 13.7 Å². The number of hydrogen-bond acceptors (Lipinski definition) is 3. The zero-order valence-electron chi connectivity index (χ0n) is 13.4. The fourth-order valence-corrected chi connectivity index (χ4v) is 2.42. The molecule has 0 aliphatic rings. The third-order valence-electron chi connectivity index (χ3n) is 3.69. The third-order valence-corrected chi connectivity index (χ3v) is 3.69. The normalized spacial score (nSPS) is 12.1. The van der Waals surface area contributed by atoms with Gasteiger partial charge < -0.3 is 14.5 Å². The van der Waals surface area contributed by atoms with Crippen LogP contribution in [-0.2, 0) is 12.0 Å². The molecule has 3 nitrogen and oxygen atoms in total. The van der Waals surface area contributed by atoms with E-state index < -0.39 is 0 Å². The third kappa shape index (κ3) is 2.68. The molecule has 0 radical (unpaired) electrons. The first kappa shape index (κ1) is 14.9. The molecule has 3 heteroatoms. The molecule has 0 spiro atoms. The van der Waals surface area contributed by atoms with Gasteiger partial charge in [0.1, 0.15) is 17.1 Å². The molecule has 110 valence electrons. The fourth-order valence-electron chi connectivity index (χ4n) is 2.42. The number of benzene rings is 1. The van der Waals surface area contributed by atoms with Gasteiger partial charge in [0.2, 0.25) is 0 Å². The van der Waals surface area contributed by atoms with Gasteiger partial charge in [0.25, 0.3) is 0 Å². The minimum atomic E-state index is 0.0204. The number of methoxy groups -OCH3 is 1. The Morgan fingerprint density at radius 1 is 1.25 bits per heavy atom. The summed E-state index contributed by atoms with van der Waals surface area (Å²) < 4.78 is 11.6. The van der Waals surface area contributed by atoms with Crippen molar-refractivity contribution in [1.82, 2.24) is 5.32 Å². The lowest BCUT2D eigenvalue weighted by atomic mass is 9.85. The molecule has 0 unspecified atom stereocenters. The molecule has 1 heterocycles. The van der Waals surface area contributed by atoms with Crippen LogP contribution in [0.2, 0.25) is 0 Å². The monoisotopic (exact) mass is 275 g/mol. The van der Waals surface area contributed by atoms with Crippen LogP contribution in [0, 0.1) is 6.92 Å². The Morgan fingerprint density at radius 2 is 1.95 bits per heavy atom. The van der Waals surface area contributed by atoms with Crippen molar-refractivity contribution in [3.63, 3.8) is 0 Å². The maximum absolute atomic E-state index is 6.14. The molecule has 20 heavy (non-hydrogen) atoms. The van der Waals surface area contributed by atoms with Crippen LogP contribution in [0.5, 0.6) is 5.75 Å². The quantitative estimate of drug-likeness (QED) is 0.910. The van der Waals surface area contributed by atoms with Gasteiger partial charge in [-0.3, -0.25) is 0 Å². The molecule has 0 saturated carbocycles. The number of hydrogen-bond donors (Lipinski definition) is 1. The number of fused-ring (bicyclic) bond motifs is 1. The number of nitrogens with one attached hydrogen (secondary N) is 1. The molecular weight excluding hydrogens is 250 g/mol. The van der Waals surface area contributed by atoms with Crippen LogP contribution in [0.1, 0.15) is 44.6 Å². The van der Waals surface area contributed by atoms with Crippen molar-refractivity contribution in [2.24, 2.45) is 0 Å². The van der Waals surface area contributed by atoms with Crippen molar-refractivity contribution in [3.05, 3.63) is 29.0 Å². The van der Waals surface area contributed by atoms with Crippen LogP contribution >= 0.6 is 0 Å². The summed E-state index contributed by atoms with van der Waals surface area (Å²) in [6.45, 7) is 12.5. The number of aryl methyl sites for hydroxylation is 1. The SMILES string of the molecule is CCNCc1oc2c(C(C)(C)C)cc(OC)cc2c1C. The van der Waals surface area contributed by atoms with Gasteiger partial charge in [-0.2, -0.15) is 0 Å². The van der Waals surface area contributed by atoms with E-state index in [1.54, 1.807) is 7.11 Å². The maximum atomic E-state index is 6.14. The van der Waals surface area contributed by atoms with E-state index in [9.17, 15) is 0 Å². The second-order valence-electron chi connectivity index (χ2n) is 6.23. The summed E-state index contributed by atoms with van der Waals surface area (Å²) in [4.78, 5) is 0. The minimum Gasteiger partial charge on any atom is -0.497 e. The van der Waals surface area contributed by atoms with Gasteiger partial charge in [-0.1, -0.05) is 27.7 Å². The van der Waals surface area contributed by atoms with Gasteiger partial charge in [0.15, 0.2) is 0 Å². The highest BCUT2D eigenvalue weighted by Gasteiger charge is 2.23. The number of furan rings is 1. The summed E-state index contributed by atoms with van der Waals surface area (Å²) in [5.41, 5.74) is 3.40. The second-order valence-corrected chi connectivity index (χ2v) is 6.23. The summed E-state index contributed by atoms with van der Waals surface area (Å²) in [6.07, 6.45) is 0. The molecule has 0 atom stereocenters. The fraction of sp³-hybridized carbons (Fsp3) is 0.529. The summed E-state index contributed by atoms with van der Waals surface area (Å²) in [6, 6.07) is 4.15. The molecule has 0 aliphatic carbocycles. The summed E-state index contributed by atoms with van der Waals surface area (Å²) in [7, 11) is 1.71. The van der Waals surface area contributed by atoms with Crippen molar-refractivity contribution >= 4 is 11.0 Å². The Hall–Kier alpha value is -1.48. The Kier molecular flexibility index (Phi) is 4.09. The van der Waals surface area contributed by atoms with Crippen molar-refractivity contribution in [1.29, 1.82) is 0 Å². The lowest BCUT2D eigenvalue weighted by molar-refractivity contribution is 0.413. The van der Waals surface area contributed by atoms with Gasteiger partial charge >= 0.3 is 0 Å². The minimum absolute atomic E-state index is 0.0204. The summed E-state index contributed by atoms with van der Waals surface area (Å²) in [5, 5.41) is 4.48. The lowest BCUT2D eigenvalue weighted by Gasteiger charge is -2.20. The zero-order valence-corrected chi connectivity index (χ0v) is 13.4. The number of ether oxygens (including phenoxy) is 1. The average molecular weight is 275 g/mol. The van der Waals surface area contributed by atoms with Crippen LogP contribution in [0.3, 0.4) is 0 Å². The van der Waals surface area contributed by atoms with E-state index >= 15 is 0 Å². The zero-order chi connectivity index (χ0) is 14.9. The molecule has 2 rings (SSSR count). The van der Waals surface area contributed by atoms with Crippen LogP contribution in [0.15, 0.2) is 16.5 Å². The van der Waals surface area contributed by atoms with Gasteiger partial charge in [-0.15, -0.1) is 0 Å². The molecule has 2 aromatic rings.